The Hall–Kier alpha value is -2.07. The summed E-state index contributed by atoms with van der Waals surface area (Å²) in [6.07, 6.45) is 0. The Morgan fingerprint density at radius 1 is 1.15 bits per heavy atom. The molecule has 33 heavy (non-hydrogen) atoms. The molecule has 11 heteroatoms. The molecule has 1 heterocycles. The van der Waals surface area contributed by atoms with Gasteiger partial charge in [0.2, 0.25) is 5.91 Å². The van der Waals surface area contributed by atoms with Crippen LogP contribution in [0.1, 0.15) is 40.3 Å². The number of amides is 2. The second-order valence-corrected chi connectivity index (χ2v) is 10.2. The monoisotopic (exact) mass is 569 g/mol. The molecule has 0 saturated heterocycles. The van der Waals surface area contributed by atoms with Gasteiger partial charge in [0.15, 0.2) is 11.0 Å². The van der Waals surface area contributed by atoms with Crippen molar-refractivity contribution in [3.63, 3.8) is 0 Å². The molecule has 174 valence electrons. The second kappa shape index (κ2) is 10.9. The van der Waals surface area contributed by atoms with Crippen LogP contribution < -0.4 is 10.6 Å². The number of nitrogens with one attached hydrogen (secondary N) is 2. The number of hydrogen-bond acceptors (Lipinski definition) is 5. The second-order valence-electron chi connectivity index (χ2n) is 7.47. The van der Waals surface area contributed by atoms with Gasteiger partial charge in [0.05, 0.1) is 22.4 Å². The normalized spacial score (nSPS) is 11.8. The van der Waals surface area contributed by atoms with E-state index in [4.69, 9.17) is 23.2 Å². The van der Waals surface area contributed by atoms with E-state index in [-0.39, 0.29) is 22.6 Å². The van der Waals surface area contributed by atoms with Crippen molar-refractivity contribution in [3.05, 3.63) is 67.4 Å². The number of hydrogen-bond donors (Lipinski definition) is 2. The van der Waals surface area contributed by atoms with E-state index < -0.39 is 6.04 Å². The molecule has 0 bridgehead atoms. The van der Waals surface area contributed by atoms with Crippen LogP contribution in [-0.2, 0) is 11.8 Å². The molecule has 0 aliphatic carbocycles. The summed E-state index contributed by atoms with van der Waals surface area (Å²) >= 11 is 16.7. The van der Waals surface area contributed by atoms with E-state index in [1.807, 2.05) is 26.0 Å². The van der Waals surface area contributed by atoms with Crippen LogP contribution in [0.2, 0.25) is 10.0 Å². The number of anilines is 1. The third-order valence-electron chi connectivity index (χ3n) is 4.87. The zero-order chi connectivity index (χ0) is 24.3. The first-order valence-corrected chi connectivity index (χ1v) is 12.4. The Balaban J connectivity index is 1.62. The first-order chi connectivity index (χ1) is 15.6. The van der Waals surface area contributed by atoms with Gasteiger partial charge in [-0.05, 0) is 62.2 Å². The number of carbonyl (C=O) groups is 2. The standard InChI is InChI=1S/C22H22BrCl2N5O2S/c1-11-7-14(23)8-12(2)19(11)27-18(31)10-33-22-29-28-20(30(22)4)13(3)26-21(32)16-6-5-15(24)9-17(16)25/h5-9,13H,10H2,1-4H3,(H,26,32)(H,27,31)/t13-/m1/s1. The first kappa shape index (κ1) is 25.6. The van der Waals surface area contributed by atoms with E-state index in [0.29, 0.717) is 21.6 Å². The van der Waals surface area contributed by atoms with Crippen LogP contribution in [0, 0.1) is 13.8 Å². The number of benzene rings is 2. The molecular weight excluding hydrogens is 549 g/mol. The van der Waals surface area contributed by atoms with Gasteiger partial charge < -0.3 is 15.2 Å². The lowest BCUT2D eigenvalue weighted by atomic mass is 10.1. The molecule has 0 saturated carbocycles. The van der Waals surface area contributed by atoms with Gasteiger partial charge in [-0.1, -0.05) is 50.9 Å². The van der Waals surface area contributed by atoms with Crippen molar-refractivity contribution in [2.24, 2.45) is 7.05 Å². The molecule has 2 aromatic carbocycles. The van der Waals surface area contributed by atoms with Gasteiger partial charge in [0, 0.05) is 22.2 Å². The number of aromatic nitrogens is 3. The van der Waals surface area contributed by atoms with E-state index in [1.54, 1.807) is 30.7 Å². The van der Waals surface area contributed by atoms with Crippen molar-refractivity contribution >= 4 is 68.4 Å². The summed E-state index contributed by atoms with van der Waals surface area (Å²) in [6.45, 7) is 5.69. The average Bonchev–Trinajstić information content (AvgIpc) is 3.09. The zero-order valence-corrected chi connectivity index (χ0v) is 22.3. The van der Waals surface area contributed by atoms with Crippen LogP contribution in [0.4, 0.5) is 5.69 Å². The van der Waals surface area contributed by atoms with Gasteiger partial charge in [-0.25, -0.2) is 0 Å². The number of thioether (sulfide) groups is 1. The van der Waals surface area contributed by atoms with Crippen LogP contribution in [0.5, 0.6) is 0 Å². The Morgan fingerprint density at radius 2 is 1.82 bits per heavy atom. The van der Waals surface area contributed by atoms with E-state index in [1.165, 1.54) is 17.8 Å². The molecule has 0 fully saturated rings. The summed E-state index contributed by atoms with van der Waals surface area (Å²) in [7, 11) is 1.79. The third-order valence-corrected chi connectivity index (χ3v) is 6.90. The Bertz CT molecular complexity index is 1190. The number of rotatable bonds is 7. The summed E-state index contributed by atoms with van der Waals surface area (Å²) < 4.78 is 2.72. The molecular formula is C22H22BrCl2N5O2S. The lowest BCUT2D eigenvalue weighted by molar-refractivity contribution is -0.113. The van der Waals surface area contributed by atoms with E-state index >= 15 is 0 Å². The number of aryl methyl sites for hydroxylation is 2. The fourth-order valence-corrected chi connectivity index (χ4v) is 5.15. The molecule has 1 atom stereocenters. The van der Waals surface area contributed by atoms with Crippen molar-refractivity contribution in [2.75, 3.05) is 11.1 Å². The van der Waals surface area contributed by atoms with E-state index in [0.717, 1.165) is 21.3 Å². The van der Waals surface area contributed by atoms with Gasteiger partial charge in [-0.2, -0.15) is 0 Å². The highest BCUT2D eigenvalue weighted by atomic mass is 79.9. The maximum atomic E-state index is 12.6. The molecule has 0 aliphatic rings. The topological polar surface area (TPSA) is 88.9 Å². The lowest BCUT2D eigenvalue weighted by Gasteiger charge is -2.14. The fraction of sp³-hybridized carbons (Fsp3) is 0.273. The van der Waals surface area contributed by atoms with Gasteiger partial charge in [0.1, 0.15) is 0 Å². The summed E-state index contributed by atoms with van der Waals surface area (Å²) in [5.41, 5.74) is 3.08. The van der Waals surface area contributed by atoms with Crippen molar-refractivity contribution in [2.45, 2.75) is 32.0 Å². The summed E-state index contributed by atoms with van der Waals surface area (Å²) in [6, 6.07) is 8.17. The largest absolute Gasteiger partial charge is 0.342 e. The lowest BCUT2D eigenvalue weighted by Crippen LogP contribution is -2.28. The van der Waals surface area contributed by atoms with Crippen LogP contribution in [0.25, 0.3) is 0 Å². The van der Waals surface area contributed by atoms with Crippen molar-refractivity contribution in [3.8, 4) is 0 Å². The minimum atomic E-state index is -0.432. The Labute approximate surface area is 214 Å². The van der Waals surface area contributed by atoms with Gasteiger partial charge in [-0.3, -0.25) is 9.59 Å². The van der Waals surface area contributed by atoms with Crippen molar-refractivity contribution < 1.29 is 9.59 Å². The number of nitrogens with zero attached hydrogens (tertiary/aromatic N) is 3. The number of halogens is 3. The molecule has 2 amide bonds. The summed E-state index contributed by atoms with van der Waals surface area (Å²) in [5.74, 6) is 0.232. The highest BCUT2D eigenvalue weighted by Gasteiger charge is 2.20. The van der Waals surface area contributed by atoms with Gasteiger partial charge >= 0.3 is 0 Å². The Morgan fingerprint density at radius 3 is 2.45 bits per heavy atom. The highest BCUT2D eigenvalue weighted by Crippen LogP contribution is 2.26. The molecule has 0 spiro atoms. The predicted molar refractivity (Wildman–Crippen MR) is 136 cm³/mol. The molecule has 2 N–H and O–H groups in total. The molecule has 3 rings (SSSR count). The zero-order valence-electron chi connectivity index (χ0n) is 18.4. The predicted octanol–water partition coefficient (Wildman–Crippen LogP) is 5.72. The van der Waals surface area contributed by atoms with Crippen LogP contribution >= 0.6 is 50.9 Å². The fourth-order valence-electron chi connectivity index (χ4n) is 3.25. The van der Waals surface area contributed by atoms with E-state index in [2.05, 4.69) is 36.8 Å². The average molecular weight is 571 g/mol. The van der Waals surface area contributed by atoms with Crippen LogP contribution in [-0.4, -0.2) is 32.3 Å². The van der Waals surface area contributed by atoms with Crippen LogP contribution in [0.15, 0.2) is 40.0 Å². The SMILES string of the molecule is Cc1cc(Br)cc(C)c1NC(=O)CSc1nnc([C@@H](C)NC(=O)c2ccc(Cl)cc2Cl)n1C. The minimum absolute atomic E-state index is 0.142. The first-order valence-electron chi connectivity index (χ1n) is 9.91. The summed E-state index contributed by atoms with van der Waals surface area (Å²) in [5, 5.41) is 15.5. The van der Waals surface area contributed by atoms with E-state index in [9.17, 15) is 9.59 Å². The maximum Gasteiger partial charge on any atom is 0.253 e. The Kier molecular flexibility index (Phi) is 8.44. The smallest absolute Gasteiger partial charge is 0.253 e. The minimum Gasteiger partial charge on any atom is -0.342 e. The summed E-state index contributed by atoms with van der Waals surface area (Å²) in [4.78, 5) is 25.1. The molecule has 1 aromatic heterocycles. The highest BCUT2D eigenvalue weighted by molar-refractivity contribution is 9.10. The van der Waals surface area contributed by atoms with Gasteiger partial charge in [-0.15, -0.1) is 10.2 Å². The number of carbonyl (C=O) groups excluding carboxylic acids is 2. The maximum absolute atomic E-state index is 12.6. The van der Waals surface area contributed by atoms with Crippen molar-refractivity contribution in [1.29, 1.82) is 0 Å². The van der Waals surface area contributed by atoms with Crippen LogP contribution in [0.3, 0.4) is 0 Å². The third kappa shape index (κ3) is 6.29. The molecule has 7 nitrogen and oxygen atoms in total. The quantitative estimate of drug-likeness (QED) is 0.354. The molecule has 0 aliphatic heterocycles. The van der Waals surface area contributed by atoms with Crippen molar-refractivity contribution in [1.82, 2.24) is 20.1 Å². The molecule has 3 aromatic rings. The van der Waals surface area contributed by atoms with Gasteiger partial charge in [0.25, 0.3) is 5.91 Å². The molecule has 0 radical (unpaired) electrons. The molecule has 0 unspecified atom stereocenters.